The monoisotopic (exact) mass is 520 g/mol. The van der Waals surface area contributed by atoms with E-state index in [4.69, 9.17) is 28.4 Å². The van der Waals surface area contributed by atoms with E-state index in [-0.39, 0.29) is 11.1 Å². The Morgan fingerprint density at radius 3 is 2.05 bits per heavy atom. The van der Waals surface area contributed by atoms with E-state index >= 15 is 0 Å². The quantitative estimate of drug-likeness (QED) is 0.394. The number of aromatic hydroxyl groups is 1. The van der Waals surface area contributed by atoms with Crippen LogP contribution in [-0.4, -0.2) is 77.9 Å². The van der Waals surface area contributed by atoms with Crippen LogP contribution in [-0.2, 0) is 47.6 Å². The normalized spacial score (nSPS) is 24.8. The maximum Gasteiger partial charge on any atom is 0.303 e. The fourth-order valence-electron chi connectivity index (χ4n) is 3.87. The standard InChI is InChI=1S/C24H24O13/c1-10(25)32-9-18-21(33-11(2)26)22(34-12(3)27)23(35-13(4)28)24(37-18)36-17-8-16(30)19-14(20(17)31)6-5-7-15(19)29/h5-8,18,21-24,29H,9H2,1-4H3. The van der Waals surface area contributed by atoms with E-state index in [1.165, 1.54) is 18.2 Å². The van der Waals surface area contributed by atoms with E-state index in [1.807, 2.05) is 0 Å². The van der Waals surface area contributed by atoms with Crippen molar-refractivity contribution in [2.45, 2.75) is 58.4 Å². The molecule has 1 fully saturated rings. The van der Waals surface area contributed by atoms with Gasteiger partial charge in [0.2, 0.25) is 18.2 Å². The van der Waals surface area contributed by atoms with Crippen LogP contribution in [0.15, 0.2) is 30.0 Å². The molecule has 0 saturated carbocycles. The summed E-state index contributed by atoms with van der Waals surface area (Å²) in [7, 11) is 0. The first-order valence-electron chi connectivity index (χ1n) is 11.0. The molecule has 3 rings (SSSR count). The number of fused-ring (bicyclic) bond motifs is 1. The summed E-state index contributed by atoms with van der Waals surface area (Å²) in [6.45, 7) is 3.78. The summed E-state index contributed by atoms with van der Waals surface area (Å²) >= 11 is 0. The van der Waals surface area contributed by atoms with Crippen LogP contribution in [0.2, 0.25) is 0 Å². The highest BCUT2D eigenvalue weighted by Crippen LogP contribution is 2.34. The van der Waals surface area contributed by atoms with Gasteiger partial charge in [-0.1, -0.05) is 6.07 Å². The minimum Gasteiger partial charge on any atom is -0.507 e. The molecule has 13 nitrogen and oxygen atoms in total. The lowest BCUT2D eigenvalue weighted by Crippen LogP contribution is -2.63. The van der Waals surface area contributed by atoms with Crippen molar-refractivity contribution in [2.75, 3.05) is 6.61 Å². The van der Waals surface area contributed by atoms with Crippen LogP contribution >= 0.6 is 0 Å². The van der Waals surface area contributed by atoms with Crippen LogP contribution in [0.25, 0.3) is 0 Å². The number of hydrogen-bond acceptors (Lipinski definition) is 13. The van der Waals surface area contributed by atoms with E-state index in [0.717, 1.165) is 33.8 Å². The molecular weight excluding hydrogens is 496 g/mol. The lowest BCUT2D eigenvalue weighted by atomic mass is 9.92. The van der Waals surface area contributed by atoms with Crippen molar-refractivity contribution in [2.24, 2.45) is 0 Å². The zero-order valence-corrected chi connectivity index (χ0v) is 20.2. The SMILES string of the molecule is CC(=O)OCC1OC(OC2=CC(=O)c3c(O)cccc3C2=O)C(OC(C)=O)C(OC(C)=O)C1OC(C)=O. The molecule has 37 heavy (non-hydrogen) atoms. The predicted molar refractivity (Wildman–Crippen MR) is 118 cm³/mol. The van der Waals surface area contributed by atoms with Crippen molar-refractivity contribution in [1.82, 2.24) is 0 Å². The molecule has 13 heteroatoms. The molecule has 1 heterocycles. The summed E-state index contributed by atoms with van der Waals surface area (Å²) in [5, 5.41) is 10.00. The van der Waals surface area contributed by atoms with Gasteiger partial charge in [0.15, 0.2) is 23.8 Å². The van der Waals surface area contributed by atoms with Crippen molar-refractivity contribution in [3.8, 4) is 5.75 Å². The maximum atomic E-state index is 13.0. The molecule has 2 aliphatic rings. The molecule has 0 bridgehead atoms. The van der Waals surface area contributed by atoms with Crippen molar-refractivity contribution >= 4 is 35.4 Å². The van der Waals surface area contributed by atoms with Gasteiger partial charge in [-0.25, -0.2) is 0 Å². The minimum atomic E-state index is -1.69. The van der Waals surface area contributed by atoms with E-state index in [1.54, 1.807) is 0 Å². The topological polar surface area (TPSA) is 178 Å². The highest BCUT2D eigenvalue weighted by molar-refractivity contribution is 6.24. The van der Waals surface area contributed by atoms with Crippen molar-refractivity contribution in [1.29, 1.82) is 0 Å². The molecule has 0 amide bonds. The average molecular weight is 520 g/mol. The zero-order chi connectivity index (χ0) is 27.4. The summed E-state index contributed by atoms with van der Waals surface area (Å²) in [5.41, 5.74) is -0.366. The predicted octanol–water partition coefficient (Wildman–Crippen LogP) is 0.755. The summed E-state index contributed by atoms with van der Waals surface area (Å²) in [6, 6.07) is 3.90. The molecule has 5 atom stereocenters. The first kappa shape index (κ1) is 27.3. The lowest BCUT2D eigenvalue weighted by Gasteiger charge is -2.44. The number of Topliss-reactive ketones (excluding diaryl/α,β-unsaturated/α-hetero) is 1. The molecule has 1 aromatic rings. The lowest BCUT2D eigenvalue weighted by molar-refractivity contribution is -0.298. The zero-order valence-electron chi connectivity index (χ0n) is 20.2. The number of ether oxygens (including phenoxy) is 6. The molecular formula is C24H24O13. The third kappa shape index (κ3) is 6.30. The Balaban J connectivity index is 2.02. The van der Waals surface area contributed by atoms with Crippen LogP contribution < -0.4 is 0 Å². The van der Waals surface area contributed by atoms with Crippen molar-refractivity contribution in [3.63, 3.8) is 0 Å². The van der Waals surface area contributed by atoms with E-state index < -0.39 is 84.3 Å². The van der Waals surface area contributed by atoms with E-state index in [0.29, 0.717) is 0 Å². The molecule has 1 aliphatic heterocycles. The molecule has 0 radical (unpaired) electrons. The third-order valence-corrected chi connectivity index (χ3v) is 5.21. The highest BCUT2D eigenvalue weighted by atomic mass is 16.7. The second-order valence-corrected chi connectivity index (χ2v) is 8.09. The molecule has 198 valence electrons. The van der Waals surface area contributed by atoms with Gasteiger partial charge in [-0.05, 0) is 12.1 Å². The first-order valence-corrected chi connectivity index (χ1v) is 11.0. The van der Waals surface area contributed by atoms with Gasteiger partial charge in [0, 0.05) is 39.3 Å². The summed E-state index contributed by atoms with van der Waals surface area (Å²) in [5.74, 6) is -5.70. The fourth-order valence-corrected chi connectivity index (χ4v) is 3.87. The highest BCUT2D eigenvalue weighted by Gasteiger charge is 2.54. The minimum absolute atomic E-state index is 0.145. The van der Waals surface area contributed by atoms with Gasteiger partial charge < -0.3 is 33.5 Å². The smallest absolute Gasteiger partial charge is 0.303 e. The number of ketones is 2. The van der Waals surface area contributed by atoms with Crippen LogP contribution in [0.1, 0.15) is 48.4 Å². The number of phenolic OH excluding ortho intramolecular Hbond substituents is 1. The molecule has 5 unspecified atom stereocenters. The number of rotatable bonds is 7. The first-order chi connectivity index (χ1) is 17.4. The van der Waals surface area contributed by atoms with Gasteiger partial charge in [-0.3, -0.25) is 28.8 Å². The van der Waals surface area contributed by atoms with Crippen molar-refractivity contribution in [3.05, 3.63) is 41.2 Å². The summed E-state index contributed by atoms with van der Waals surface area (Å²) in [6.07, 6.45) is -6.70. The van der Waals surface area contributed by atoms with Crippen LogP contribution in [0.4, 0.5) is 0 Å². The van der Waals surface area contributed by atoms with Gasteiger partial charge in [-0.15, -0.1) is 0 Å². The van der Waals surface area contributed by atoms with E-state index in [9.17, 15) is 33.9 Å². The average Bonchev–Trinajstić information content (AvgIpc) is 2.78. The number of phenols is 1. The largest absolute Gasteiger partial charge is 0.507 e. The molecule has 0 spiro atoms. The third-order valence-electron chi connectivity index (χ3n) is 5.21. The Morgan fingerprint density at radius 2 is 1.46 bits per heavy atom. The Labute approximate surface area is 210 Å². The van der Waals surface area contributed by atoms with Gasteiger partial charge in [0.25, 0.3) is 0 Å². The number of benzene rings is 1. The molecule has 1 N–H and O–H groups in total. The number of carbonyl (C=O) groups is 6. The van der Waals surface area contributed by atoms with Gasteiger partial charge in [-0.2, -0.15) is 0 Å². The molecule has 1 aromatic carbocycles. The Bertz CT molecular complexity index is 1170. The van der Waals surface area contributed by atoms with Gasteiger partial charge >= 0.3 is 23.9 Å². The summed E-state index contributed by atoms with van der Waals surface area (Å²) in [4.78, 5) is 72.7. The maximum absolute atomic E-state index is 13.0. The van der Waals surface area contributed by atoms with Crippen LogP contribution in [0, 0.1) is 0 Å². The Hall–Kier alpha value is -4.26. The number of esters is 4. The second kappa shape index (κ2) is 11.2. The molecule has 1 saturated heterocycles. The van der Waals surface area contributed by atoms with Crippen LogP contribution in [0.5, 0.6) is 5.75 Å². The summed E-state index contributed by atoms with van der Waals surface area (Å²) < 4.78 is 32.2. The Kier molecular flexibility index (Phi) is 8.28. The van der Waals surface area contributed by atoms with Crippen molar-refractivity contribution < 1.29 is 62.3 Å². The fraction of sp³-hybridized carbons (Fsp3) is 0.417. The van der Waals surface area contributed by atoms with Crippen LogP contribution in [0.3, 0.4) is 0 Å². The Morgan fingerprint density at radius 1 is 0.865 bits per heavy atom. The second-order valence-electron chi connectivity index (χ2n) is 8.09. The van der Waals surface area contributed by atoms with Gasteiger partial charge in [0.1, 0.15) is 18.5 Å². The molecule has 1 aliphatic carbocycles. The van der Waals surface area contributed by atoms with Gasteiger partial charge in [0.05, 0.1) is 5.56 Å². The number of allylic oxidation sites excluding steroid dienone is 2. The molecule has 0 aromatic heterocycles. The van der Waals surface area contributed by atoms with E-state index in [2.05, 4.69) is 0 Å². The number of carbonyl (C=O) groups excluding carboxylic acids is 6. The number of hydrogen-bond donors (Lipinski definition) is 1.